The lowest BCUT2D eigenvalue weighted by atomic mass is 9.86. The first-order valence-corrected chi connectivity index (χ1v) is 6.27. The predicted molar refractivity (Wildman–Crippen MR) is 76.6 cm³/mol. The van der Waals surface area contributed by atoms with Crippen LogP contribution in [0.25, 0.3) is 0 Å². The number of methoxy groups -OCH3 is 2. The van der Waals surface area contributed by atoms with Crippen molar-refractivity contribution in [2.75, 3.05) is 14.2 Å². The molecule has 2 aromatic carbocycles. The molecule has 0 aromatic heterocycles. The van der Waals surface area contributed by atoms with Gasteiger partial charge < -0.3 is 19.7 Å². The first-order chi connectivity index (χ1) is 10.0. The van der Waals surface area contributed by atoms with Gasteiger partial charge in [0.2, 0.25) is 5.60 Å². The first kappa shape index (κ1) is 14.9. The molecule has 0 atom stereocenters. The van der Waals surface area contributed by atoms with Crippen LogP contribution in [0.1, 0.15) is 11.1 Å². The number of carbonyl (C=O) groups is 1. The third kappa shape index (κ3) is 2.68. The number of rotatable bonds is 5. The molecule has 0 saturated heterocycles. The van der Waals surface area contributed by atoms with Crippen molar-refractivity contribution in [2.45, 2.75) is 5.60 Å². The van der Waals surface area contributed by atoms with Crippen molar-refractivity contribution in [1.29, 1.82) is 0 Å². The number of benzene rings is 2. The van der Waals surface area contributed by atoms with E-state index in [1.165, 1.54) is 38.5 Å². The molecule has 0 aliphatic carbocycles. The maximum atomic E-state index is 11.6. The van der Waals surface area contributed by atoms with Crippen molar-refractivity contribution >= 4 is 5.97 Å². The van der Waals surface area contributed by atoms with Crippen molar-refractivity contribution in [3.63, 3.8) is 0 Å². The van der Waals surface area contributed by atoms with Crippen LogP contribution in [0, 0.1) is 0 Å². The molecule has 5 heteroatoms. The Morgan fingerprint density at radius 2 is 1.19 bits per heavy atom. The summed E-state index contributed by atoms with van der Waals surface area (Å²) in [6.07, 6.45) is 0. The molecule has 0 saturated carbocycles. The summed E-state index contributed by atoms with van der Waals surface area (Å²) in [5.41, 5.74) is -1.62. The van der Waals surface area contributed by atoms with Gasteiger partial charge in [0.15, 0.2) is 0 Å². The Morgan fingerprint density at radius 1 is 0.857 bits per heavy atom. The third-order valence-electron chi connectivity index (χ3n) is 3.33. The summed E-state index contributed by atoms with van der Waals surface area (Å²) >= 11 is 0. The van der Waals surface area contributed by atoms with Gasteiger partial charge in [-0.05, 0) is 35.4 Å². The maximum absolute atomic E-state index is 11.6. The molecular formula is C16H16O5. The van der Waals surface area contributed by atoms with Crippen LogP contribution in [0.5, 0.6) is 11.5 Å². The molecule has 5 nitrogen and oxygen atoms in total. The first-order valence-electron chi connectivity index (χ1n) is 6.27. The van der Waals surface area contributed by atoms with Crippen LogP contribution in [-0.2, 0) is 10.4 Å². The van der Waals surface area contributed by atoms with E-state index in [1.807, 2.05) is 0 Å². The third-order valence-corrected chi connectivity index (χ3v) is 3.33. The number of carboxylic acid groups (broad SMARTS) is 1. The molecule has 0 bridgehead atoms. The standard InChI is InChI=1S/C16H16O5/c1-20-13-7-3-11(4-8-13)16(19,15(17)18)12-5-9-14(21-2)10-6-12/h3-10,19H,1-2H3,(H,17,18). The van der Waals surface area contributed by atoms with Crippen LogP contribution in [0.4, 0.5) is 0 Å². The lowest BCUT2D eigenvalue weighted by Crippen LogP contribution is -2.36. The predicted octanol–water partition coefficient (Wildman–Crippen LogP) is 2.02. The van der Waals surface area contributed by atoms with Gasteiger partial charge in [-0.3, -0.25) is 0 Å². The highest BCUT2D eigenvalue weighted by molar-refractivity contribution is 5.83. The topological polar surface area (TPSA) is 76.0 Å². The zero-order chi connectivity index (χ0) is 15.5. The van der Waals surface area contributed by atoms with E-state index in [2.05, 4.69) is 0 Å². The number of hydrogen-bond acceptors (Lipinski definition) is 4. The van der Waals surface area contributed by atoms with Crippen LogP contribution in [0.15, 0.2) is 48.5 Å². The van der Waals surface area contributed by atoms with Crippen LogP contribution in [-0.4, -0.2) is 30.4 Å². The van der Waals surface area contributed by atoms with E-state index >= 15 is 0 Å². The maximum Gasteiger partial charge on any atom is 0.345 e. The molecule has 2 aromatic rings. The van der Waals surface area contributed by atoms with Gasteiger partial charge >= 0.3 is 5.97 Å². The Morgan fingerprint density at radius 3 is 1.43 bits per heavy atom. The summed E-state index contributed by atoms with van der Waals surface area (Å²) in [5.74, 6) is -0.180. The number of aliphatic carboxylic acids is 1. The van der Waals surface area contributed by atoms with Gasteiger partial charge in [-0.2, -0.15) is 0 Å². The molecule has 21 heavy (non-hydrogen) atoms. The smallest absolute Gasteiger partial charge is 0.345 e. The number of aliphatic hydroxyl groups is 1. The summed E-state index contributed by atoms with van der Waals surface area (Å²) < 4.78 is 10.1. The summed E-state index contributed by atoms with van der Waals surface area (Å²) in [6.45, 7) is 0. The van der Waals surface area contributed by atoms with E-state index in [1.54, 1.807) is 24.3 Å². The van der Waals surface area contributed by atoms with Gasteiger partial charge in [0.05, 0.1) is 14.2 Å². The average molecular weight is 288 g/mol. The molecule has 0 fully saturated rings. The fourth-order valence-electron chi connectivity index (χ4n) is 2.08. The molecule has 2 N–H and O–H groups in total. The van der Waals surface area contributed by atoms with Crippen LogP contribution in [0.3, 0.4) is 0 Å². The minimum Gasteiger partial charge on any atom is -0.497 e. The van der Waals surface area contributed by atoms with E-state index in [-0.39, 0.29) is 11.1 Å². The van der Waals surface area contributed by atoms with Crippen LogP contribution in [0.2, 0.25) is 0 Å². The van der Waals surface area contributed by atoms with E-state index in [0.717, 1.165) is 0 Å². The summed E-state index contributed by atoms with van der Waals surface area (Å²) in [5, 5.41) is 20.2. The van der Waals surface area contributed by atoms with Gasteiger partial charge in [0, 0.05) is 0 Å². The van der Waals surface area contributed by atoms with Crippen molar-refractivity contribution < 1.29 is 24.5 Å². The summed E-state index contributed by atoms with van der Waals surface area (Å²) in [7, 11) is 3.03. The molecule has 0 radical (unpaired) electrons. The lowest BCUT2D eigenvalue weighted by molar-refractivity contribution is -0.155. The van der Waals surface area contributed by atoms with E-state index in [9.17, 15) is 15.0 Å². The molecule has 0 heterocycles. The van der Waals surface area contributed by atoms with Gasteiger partial charge in [-0.25, -0.2) is 4.79 Å². The van der Waals surface area contributed by atoms with Crippen molar-refractivity contribution in [3.05, 3.63) is 59.7 Å². The summed E-state index contributed by atoms with van der Waals surface area (Å²) in [6, 6.07) is 12.5. The van der Waals surface area contributed by atoms with Crippen molar-refractivity contribution in [3.8, 4) is 11.5 Å². The molecule has 0 aliphatic rings. The van der Waals surface area contributed by atoms with Gasteiger partial charge in [0.1, 0.15) is 11.5 Å². The second-order valence-electron chi connectivity index (χ2n) is 4.47. The average Bonchev–Trinajstić information content (AvgIpc) is 2.54. The van der Waals surface area contributed by atoms with E-state index in [0.29, 0.717) is 11.5 Å². The van der Waals surface area contributed by atoms with Gasteiger partial charge in [-0.15, -0.1) is 0 Å². The minimum absolute atomic E-state index is 0.251. The van der Waals surface area contributed by atoms with E-state index < -0.39 is 11.6 Å². The zero-order valence-corrected chi connectivity index (χ0v) is 11.7. The molecule has 2 rings (SSSR count). The number of hydrogen-bond donors (Lipinski definition) is 2. The van der Waals surface area contributed by atoms with Gasteiger partial charge in [-0.1, -0.05) is 24.3 Å². The zero-order valence-electron chi connectivity index (χ0n) is 11.7. The SMILES string of the molecule is COc1ccc(C(O)(C(=O)O)c2ccc(OC)cc2)cc1. The Hall–Kier alpha value is -2.53. The Labute approximate surface area is 122 Å². The molecule has 110 valence electrons. The Kier molecular flexibility index (Phi) is 4.14. The minimum atomic E-state index is -2.13. The van der Waals surface area contributed by atoms with Crippen LogP contribution < -0.4 is 9.47 Å². The second kappa shape index (κ2) is 5.85. The fourth-order valence-corrected chi connectivity index (χ4v) is 2.08. The highest BCUT2D eigenvalue weighted by atomic mass is 16.5. The molecular weight excluding hydrogens is 272 g/mol. The van der Waals surface area contributed by atoms with Crippen molar-refractivity contribution in [2.24, 2.45) is 0 Å². The van der Waals surface area contributed by atoms with Gasteiger partial charge in [0.25, 0.3) is 0 Å². The Bertz CT molecular complexity index is 569. The fraction of sp³-hybridized carbons (Fsp3) is 0.188. The summed E-state index contributed by atoms with van der Waals surface area (Å²) in [4.78, 5) is 11.6. The molecule has 0 aliphatic heterocycles. The normalized spacial score (nSPS) is 11.0. The lowest BCUT2D eigenvalue weighted by Gasteiger charge is -2.24. The monoisotopic (exact) mass is 288 g/mol. The number of carboxylic acids is 1. The Balaban J connectivity index is 2.50. The quantitative estimate of drug-likeness (QED) is 0.880. The highest BCUT2D eigenvalue weighted by Crippen LogP contribution is 2.32. The molecule has 0 unspecified atom stereocenters. The van der Waals surface area contributed by atoms with Crippen LogP contribution >= 0.6 is 0 Å². The van der Waals surface area contributed by atoms with Crippen molar-refractivity contribution in [1.82, 2.24) is 0 Å². The second-order valence-corrected chi connectivity index (χ2v) is 4.47. The van der Waals surface area contributed by atoms with E-state index in [4.69, 9.17) is 9.47 Å². The number of ether oxygens (including phenoxy) is 2. The molecule has 0 amide bonds. The molecule has 0 spiro atoms. The highest BCUT2D eigenvalue weighted by Gasteiger charge is 2.40. The largest absolute Gasteiger partial charge is 0.497 e.